The average molecular weight is 288 g/mol. The van der Waals surface area contributed by atoms with Gasteiger partial charge in [0.15, 0.2) is 0 Å². The number of hydrogen-bond acceptors (Lipinski definition) is 2. The van der Waals surface area contributed by atoms with E-state index in [1.165, 1.54) is 30.5 Å². The van der Waals surface area contributed by atoms with Crippen molar-refractivity contribution in [3.05, 3.63) is 41.5 Å². The first kappa shape index (κ1) is 15.1. The van der Waals surface area contributed by atoms with Crippen LogP contribution in [0.3, 0.4) is 0 Å². The number of carboxylic acid groups (broad SMARTS) is 1. The number of aromatic carboxylic acids is 1. The lowest BCUT2D eigenvalue weighted by Crippen LogP contribution is -2.29. The number of nitrogens with one attached hydrogen (secondary N) is 2. The van der Waals surface area contributed by atoms with E-state index >= 15 is 0 Å². The fourth-order valence-corrected chi connectivity index (χ4v) is 2.37. The van der Waals surface area contributed by atoms with Crippen LogP contribution in [-0.4, -0.2) is 23.7 Å². The summed E-state index contributed by atoms with van der Waals surface area (Å²) in [6.45, 7) is 0.594. The van der Waals surface area contributed by atoms with Gasteiger partial charge in [-0.15, -0.1) is 0 Å². The molecule has 112 valence electrons. The predicted octanol–water partition coefficient (Wildman–Crippen LogP) is 3.40. The number of hydrogen-bond donors (Lipinski definition) is 3. The molecule has 1 aliphatic rings. The Bertz CT molecular complexity index is 552. The molecule has 2 rings (SSSR count). The molecule has 0 radical (unpaired) electrons. The summed E-state index contributed by atoms with van der Waals surface area (Å²) < 4.78 is 0. The van der Waals surface area contributed by atoms with Crippen LogP contribution in [-0.2, 0) is 0 Å². The zero-order valence-electron chi connectivity index (χ0n) is 11.9. The summed E-state index contributed by atoms with van der Waals surface area (Å²) >= 11 is 0. The van der Waals surface area contributed by atoms with Crippen LogP contribution < -0.4 is 10.6 Å². The Balaban J connectivity index is 1.77. The van der Waals surface area contributed by atoms with Gasteiger partial charge in [-0.05, 0) is 50.3 Å². The molecule has 0 fully saturated rings. The third-order valence-electron chi connectivity index (χ3n) is 3.48. The normalized spacial score (nSPS) is 14.2. The van der Waals surface area contributed by atoms with Gasteiger partial charge in [-0.2, -0.15) is 0 Å². The molecule has 0 unspecified atom stereocenters. The van der Waals surface area contributed by atoms with Crippen molar-refractivity contribution in [3.8, 4) is 0 Å². The maximum Gasteiger partial charge on any atom is 0.335 e. The van der Waals surface area contributed by atoms with Crippen molar-refractivity contribution in [2.45, 2.75) is 32.1 Å². The van der Waals surface area contributed by atoms with Gasteiger partial charge >= 0.3 is 12.0 Å². The van der Waals surface area contributed by atoms with E-state index in [1.54, 1.807) is 12.1 Å². The number of carboxylic acids is 1. The van der Waals surface area contributed by atoms with Crippen molar-refractivity contribution in [1.29, 1.82) is 0 Å². The number of urea groups is 1. The minimum atomic E-state index is -1.01. The second-order valence-corrected chi connectivity index (χ2v) is 5.13. The molecule has 5 nitrogen and oxygen atoms in total. The molecular formula is C16H20N2O3. The van der Waals surface area contributed by atoms with Crippen LogP contribution >= 0.6 is 0 Å². The number of allylic oxidation sites excluding steroid dienone is 1. The van der Waals surface area contributed by atoms with Gasteiger partial charge in [0.1, 0.15) is 0 Å². The highest BCUT2D eigenvalue weighted by Gasteiger charge is 2.07. The van der Waals surface area contributed by atoms with E-state index < -0.39 is 5.97 Å². The summed E-state index contributed by atoms with van der Waals surface area (Å²) in [7, 11) is 0. The van der Waals surface area contributed by atoms with E-state index in [-0.39, 0.29) is 11.6 Å². The number of rotatable bonds is 5. The highest BCUT2D eigenvalue weighted by molar-refractivity contribution is 5.93. The lowest BCUT2D eigenvalue weighted by molar-refractivity contribution is 0.0697. The Morgan fingerprint density at radius 3 is 2.81 bits per heavy atom. The second-order valence-electron chi connectivity index (χ2n) is 5.13. The van der Waals surface area contributed by atoms with Gasteiger partial charge in [0, 0.05) is 12.2 Å². The van der Waals surface area contributed by atoms with Crippen LogP contribution in [0.15, 0.2) is 35.9 Å². The summed E-state index contributed by atoms with van der Waals surface area (Å²) in [5.74, 6) is -1.01. The lowest BCUT2D eigenvalue weighted by atomic mass is 9.97. The second kappa shape index (κ2) is 7.47. The Hall–Kier alpha value is -2.30. The van der Waals surface area contributed by atoms with Crippen LogP contribution in [0.5, 0.6) is 0 Å². The highest BCUT2D eigenvalue weighted by Crippen LogP contribution is 2.19. The molecule has 0 spiro atoms. The summed E-state index contributed by atoms with van der Waals surface area (Å²) in [5.41, 5.74) is 2.04. The van der Waals surface area contributed by atoms with Gasteiger partial charge in [-0.25, -0.2) is 9.59 Å². The predicted molar refractivity (Wildman–Crippen MR) is 81.6 cm³/mol. The first-order valence-electron chi connectivity index (χ1n) is 7.21. The van der Waals surface area contributed by atoms with Gasteiger partial charge in [0.05, 0.1) is 5.56 Å². The Morgan fingerprint density at radius 1 is 1.24 bits per heavy atom. The molecule has 1 aromatic rings. The molecule has 21 heavy (non-hydrogen) atoms. The zero-order chi connectivity index (χ0) is 15.1. The molecule has 2 amide bonds. The number of carbonyl (C=O) groups excluding carboxylic acids is 1. The molecule has 1 aliphatic carbocycles. The molecule has 0 saturated heterocycles. The van der Waals surface area contributed by atoms with Crippen molar-refractivity contribution in [2.75, 3.05) is 11.9 Å². The third-order valence-corrected chi connectivity index (χ3v) is 3.48. The quantitative estimate of drug-likeness (QED) is 0.727. The Kier molecular flexibility index (Phi) is 5.37. The molecule has 0 aromatic heterocycles. The fourth-order valence-electron chi connectivity index (χ4n) is 2.37. The van der Waals surface area contributed by atoms with E-state index in [0.29, 0.717) is 12.2 Å². The van der Waals surface area contributed by atoms with E-state index in [4.69, 9.17) is 5.11 Å². The molecule has 0 bridgehead atoms. The van der Waals surface area contributed by atoms with Gasteiger partial charge < -0.3 is 15.7 Å². The average Bonchev–Trinajstić information content (AvgIpc) is 2.48. The molecule has 5 heteroatoms. The molecule has 0 aliphatic heterocycles. The molecule has 0 atom stereocenters. The van der Waals surface area contributed by atoms with Crippen LogP contribution in [0.25, 0.3) is 0 Å². The number of amides is 2. The monoisotopic (exact) mass is 288 g/mol. The SMILES string of the molecule is O=C(NCCC1=CCCCC1)Nc1cccc(C(=O)O)c1. The number of anilines is 1. The first-order chi connectivity index (χ1) is 10.1. The number of benzene rings is 1. The van der Waals surface area contributed by atoms with Crippen LogP contribution in [0.4, 0.5) is 10.5 Å². The van der Waals surface area contributed by atoms with Crippen molar-refractivity contribution in [1.82, 2.24) is 5.32 Å². The van der Waals surface area contributed by atoms with E-state index in [9.17, 15) is 9.59 Å². The van der Waals surface area contributed by atoms with Crippen molar-refractivity contribution in [2.24, 2.45) is 0 Å². The van der Waals surface area contributed by atoms with Crippen LogP contribution in [0.1, 0.15) is 42.5 Å². The number of carbonyl (C=O) groups is 2. The summed E-state index contributed by atoms with van der Waals surface area (Å²) in [5, 5.41) is 14.3. The lowest BCUT2D eigenvalue weighted by Gasteiger charge is -2.13. The topological polar surface area (TPSA) is 78.4 Å². The summed E-state index contributed by atoms with van der Waals surface area (Å²) in [6.07, 6.45) is 7.91. The van der Waals surface area contributed by atoms with Crippen LogP contribution in [0, 0.1) is 0 Å². The summed E-state index contributed by atoms with van der Waals surface area (Å²) in [4.78, 5) is 22.6. The van der Waals surface area contributed by atoms with Crippen molar-refractivity contribution in [3.63, 3.8) is 0 Å². The maximum absolute atomic E-state index is 11.7. The van der Waals surface area contributed by atoms with Gasteiger partial charge in [0.2, 0.25) is 0 Å². The molecule has 0 heterocycles. The fraction of sp³-hybridized carbons (Fsp3) is 0.375. The van der Waals surface area contributed by atoms with E-state index in [2.05, 4.69) is 16.7 Å². The smallest absolute Gasteiger partial charge is 0.335 e. The molecular weight excluding hydrogens is 268 g/mol. The molecule has 0 saturated carbocycles. The zero-order valence-corrected chi connectivity index (χ0v) is 11.9. The van der Waals surface area contributed by atoms with Crippen molar-refractivity contribution < 1.29 is 14.7 Å². The van der Waals surface area contributed by atoms with E-state index in [1.807, 2.05) is 0 Å². The van der Waals surface area contributed by atoms with Crippen LogP contribution in [0.2, 0.25) is 0 Å². The summed E-state index contributed by atoms with van der Waals surface area (Å²) in [6, 6.07) is 5.88. The highest BCUT2D eigenvalue weighted by atomic mass is 16.4. The molecule has 3 N–H and O–H groups in total. The minimum absolute atomic E-state index is 0.153. The van der Waals surface area contributed by atoms with E-state index in [0.717, 1.165) is 19.3 Å². The van der Waals surface area contributed by atoms with Gasteiger partial charge in [0.25, 0.3) is 0 Å². The molecule has 1 aromatic carbocycles. The Labute approximate surface area is 124 Å². The van der Waals surface area contributed by atoms with Gasteiger partial charge in [-0.3, -0.25) is 0 Å². The standard InChI is InChI=1S/C16H20N2O3/c19-15(20)13-7-4-8-14(11-13)18-16(21)17-10-9-12-5-2-1-3-6-12/h4-5,7-8,11H,1-3,6,9-10H2,(H,19,20)(H2,17,18,21). The largest absolute Gasteiger partial charge is 0.478 e. The maximum atomic E-state index is 11.7. The van der Waals surface area contributed by atoms with Gasteiger partial charge in [-0.1, -0.05) is 17.7 Å². The Morgan fingerprint density at radius 2 is 2.10 bits per heavy atom. The minimum Gasteiger partial charge on any atom is -0.478 e. The third kappa shape index (κ3) is 4.95. The van der Waals surface area contributed by atoms with Crippen molar-refractivity contribution >= 4 is 17.7 Å². The first-order valence-corrected chi connectivity index (χ1v) is 7.21.